The van der Waals surface area contributed by atoms with Gasteiger partial charge in [0.05, 0.1) is 17.9 Å². The van der Waals surface area contributed by atoms with Crippen molar-refractivity contribution in [3.63, 3.8) is 0 Å². The topological polar surface area (TPSA) is 34.9 Å². The van der Waals surface area contributed by atoms with Crippen LogP contribution in [0.5, 0.6) is 0 Å². The lowest BCUT2D eigenvalue weighted by atomic mass is 10.2. The quantitative estimate of drug-likeness (QED) is 0.750. The van der Waals surface area contributed by atoms with Crippen LogP contribution in [-0.4, -0.2) is 26.6 Å². The zero-order valence-electron chi connectivity index (χ0n) is 11.1. The van der Waals surface area contributed by atoms with E-state index < -0.39 is 0 Å². The first-order valence-corrected chi connectivity index (χ1v) is 7.25. The van der Waals surface area contributed by atoms with E-state index in [4.69, 9.17) is 0 Å². The Morgan fingerprint density at radius 2 is 2.18 bits per heavy atom. The third-order valence-corrected chi connectivity index (χ3v) is 4.07. The van der Waals surface area contributed by atoms with Crippen LogP contribution in [0.15, 0.2) is 12.3 Å². The van der Waals surface area contributed by atoms with Gasteiger partial charge >= 0.3 is 0 Å². The minimum absolute atomic E-state index is 0.268. The number of hydrogen-bond donors (Lipinski definition) is 0. The van der Waals surface area contributed by atoms with Crippen molar-refractivity contribution in [1.29, 1.82) is 0 Å². The molecule has 17 heavy (non-hydrogen) atoms. The number of hydrogen-bond acceptors (Lipinski definition) is 3. The first-order chi connectivity index (χ1) is 8.02. The van der Waals surface area contributed by atoms with Crippen molar-refractivity contribution in [2.75, 3.05) is 5.75 Å². The summed E-state index contributed by atoms with van der Waals surface area (Å²) in [6, 6.07) is 2.29. The standard InChI is InChI=1S/C13H22N2OS/c1-5-11(4)17-9-13(16)8-12-6-7-15(14-12)10(2)3/h6-7,10-11H,5,8-9H2,1-4H3. The van der Waals surface area contributed by atoms with Gasteiger partial charge in [0.15, 0.2) is 0 Å². The van der Waals surface area contributed by atoms with E-state index in [1.807, 2.05) is 16.9 Å². The van der Waals surface area contributed by atoms with Crippen molar-refractivity contribution in [2.45, 2.75) is 51.8 Å². The van der Waals surface area contributed by atoms with Crippen LogP contribution in [0.3, 0.4) is 0 Å². The predicted molar refractivity (Wildman–Crippen MR) is 73.5 cm³/mol. The lowest BCUT2D eigenvalue weighted by Gasteiger charge is -2.06. The number of Topliss-reactive ketones (excluding diaryl/α,β-unsaturated/α-hetero) is 1. The van der Waals surface area contributed by atoms with Gasteiger partial charge in [0.1, 0.15) is 5.78 Å². The van der Waals surface area contributed by atoms with Gasteiger partial charge in [-0.2, -0.15) is 16.9 Å². The van der Waals surface area contributed by atoms with E-state index in [0.717, 1.165) is 12.1 Å². The number of carbonyl (C=O) groups is 1. The average molecular weight is 254 g/mol. The molecule has 0 fully saturated rings. The van der Waals surface area contributed by atoms with Gasteiger partial charge in [-0.25, -0.2) is 0 Å². The Hall–Kier alpha value is -0.770. The summed E-state index contributed by atoms with van der Waals surface area (Å²) >= 11 is 1.73. The zero-order chi connectivity index (χ0) is 12.8. The summed E-state index contributed by atoms with van der Waals surface area (Å²) in [5, 5.41) is 4.95. The Morgan fingerprint density at radius 3 is 2.71 bits per heavy atom. The number of nitrogens with zero attached hydrogens (tertiary/aromatic N) is 2. The number of ketones is 1. The first kappa shape index (κ1) is 14.3. The molecule has 0 saturated carbocycles. The lowest BCUT2D eigenvalue weighted by molar-refractivity contribution is -0.116. The van der Waals surface area contributed by atoms with Crippen molar-refractivity contribution in [3.8, 4) is 0 Å². The summed E-state index contributed by atoms with van der Waals surface area (Å²) in [5.74, 6) is 0.869. The summed E-state index contributed by atoms with van der Waals surface area (Å²) in [4.78, 5) is 11.7. The van der Waals surface area contributed by atoms with Crippen molar-refractivity contribution in [3.05, 3.63) is 18.0 Å². The third-order valence-electron chi connectivity index (χ3n) is 2.67. The normalized spacial score (nSPS) is 13.0. The molecule has 0 spiro atoms. The molecule has 1 aromatic rings. The van der Waals surface area contributed by atoms with E-state index >= 15 is 0 Å². The molecule has 0 amide bonds. The van der Waals surface area contributed by atoms with Crippen LogP contribution >= 0.6 is 11.8 Å². The van der Waals surface area contributed by atoms with E-state index in [2.05, 4.69) is 32.8 Å². The fourth-order valence-electron chi connectivity index (χ4n) is 1.37. The molecule has 0 aliphatic carbocycles. The first-order valence-electron chi connectivity index (χ1n) is 6.20. The van der Waals surface area contributed by atoms with Crippen LogP contribution in [0, 0.1) is 0 Å². The van der Waals surface area contributed by atoms with Crippen molar-refractivity contribution < 1.29 is 4.79 Å². The molecule has 0 N–H and O–H groups in total. The second-order valence-electron chi connectivity index (χ2n) is 4.63. The van der Waals surface area contributed by atoms with E-state index in [0.29, 0.717) is 23.5 Å². The largest absolute Gasteiger partial charge is 0.298 e. The lowest BCUT2D eigenvalue weighted by Crippen LogP contribution is -2.10. The summed E-state index contributed by atoms with van der Waals surface area (Å²) in [6.45, 7) is 8.46. The van der Waals surface area contributed by atoms with E-state index in [9.17, 15) is 4.79 Å². The van der Waals surface area contributed by atoms with Crippen LogP contribution in [0.2, 0.25) is 0 Å². The highest BCUT2D eigenvalue weighted by molar-refractivity contribution is 8.00. The molecule has 0 aliphatic rings. The monoisotopic (exact) mass is 254 g/mol. The van der Waals surface area contributed by atoms with Crippen molar-refractivity contribution >= 4 is 17.5 Å². The molecule has 1 heterocycles. The molecule has 0 aliphatic heterocycles. The molecule has 1 unspecified atom stereocenters. The van der Waals surface area contributed by atoms with Gasteiger partial charge < -0.3 is 0 Å². The second kappa shape index (κ2) is 6.84. The van der Waals surface area contributed by atoms with E-state index in [1.165, 1.54) is 0 Å². The van der Waals surface area contributed by atoms with Crippen molar-refractivity contribution in [1.82, 2.24) is 9.78 Å². The van der Waals surface area contributed by atoms with E-state index in [-0.39, 0.29) is 5.78 Å². The van der Waals surface area contributed by atoms with Crippen LogP contribution in [-0.2, 0) is 11.2 Å². The zero-order valence-corrected chi connectivity index (χ0v) is 12.0. The predicted octanol–water partition coefficient (Wildman–Crippen LogP) is 3.11. The molecule has 3 nitrogen and oxygen atoms in total. The van der Waals surface area contributed by atoms with Gasteiger partial charge in [0.25, 0.3) is 0 Å². The molecule has 0 saturated heterocycles. The summed E-state index contributed by atoms with van der Waals surface area (Å²) in [5.41, 5.74) is 0.883. The SMILES string of the molecule is CCC(C)SCC(=O)Cc1ccn(C(C)C)n1. The summed E-state index contributed by atoms with van der Waals surface area (Å²) < 4.78 is 1.89. The molecule has 96 valence electrons. The molecule has 0 radical (unpaired) electrons. The molecule has 4 heteroatoms. The third kappa shape index (κ3) is 4.94. The maximum Gasteiger partial charge on any atom is 0.148 e. The fraction of sp³-hybridized carbons (Fsp3) is 0.692. The van der Waals surface area contributed by atoms with Crippen LogP contribution in [0.1, 0.15) is 45.9 Å². The minimum Gasteiger partial charge on any atom is -0.298 e. The van der Waals surface area contributed by atoms with Crippen LogP contribution < -0.4 is 0 Å². The maximum absolute atomic E-state index is 11.7. The van der Waals surface area contributed by atoms with Crippen molar-refractivity contribution in [2.24, 2.45) is 0 Å². The fourth-order valence-corrected chi connectivity index (χ4v) is 2.17. The van der Waals surface area contributed by atoms with Gasteiger partial charge in [0, 0.05) is 17.5 Å². The molecule has 0 bridgehead atoms. The summed E-state index contributed by atoms with van der Waals surface area (Å²) in [7, 11) is 0. The summed E-state index contributed by atoms with van der Waals surface area (Å²) in [6.07, 6.45) is 3.51. The Labute approximate surface area is 108 Å². The number of thioether (sulfide) groups is 1. The molecule has 1 rings (SSSR count). The molecular formula is C13H22N2OS. The van der Waals surface area contributed by atoms with Gasteiger partial charge in [-0.15, -0.1) is 0 Å². The smallest absolute Gasteiger partial charge is 0.148 e. The van der Waals surface area contributed by atoms with Gasteiger partial charge in [-0.3, -0.25) is 9.48 Å². The molecule has 1 atom stereocenters. The Balaban J connectivity index is 2.39. The van der Waals surface area contributed by atoms with Gasteiger partial charge in [-0.1, -0.05) is 13.8 Å². The molecule has 1 aromatic heterocycles. The van der Waals surface area contributed by atoms with Gasteiger partial charge in [0.2, 0.25) is 0 Å². The number of rotatable bonds is 7. The molecular weight excluding hydrogens is 232 g/mol. The minimum atomic E-state index is 0.268. The number of carbonyl (C=O) groups excluding carboxylic acids is 1. The van der Waals surface area contributed by atoms with Gasteiger partial charge in [-0.05, 0) is 26.3 Å². The average Bonchev–Trinajstić information content (AvgIpc) is 2.74. The van der Waals surface area contributed by atoms with E-state index in [1.54, 1.807) is 11.8 Å². The molecule has 0 aromatic carbocycles. The maximum atomic E-state index is 11.7. The highest BCUT2D eigenvalue weighted by Crippen LogP contribution is 2.14. The highest BCUT2D eigenvalue weighted by Gasteiger charge is 2.09. The Bertz CT molecular complexity index is 360. The van der Waals surface area contributed by atoms with Crippen LogP contribution in [0.25, 0.3) is 0 Å². The number of aromatic nitrogens is 2. The highest BCUT2D eigenvalue weighted by atomic mass is 32.2. The second-order valence-corrected chi connectivity index (χ2v) is 6.05. The Morgan fingerprint density at radius 1 is 1.47 bits per heavy atom. The Kier molecular flexibility index (Phi) is 5.75. The van der Waals surface area contributed by atoms with Crippen LogP contribution in [0.4, 0.5) is 0 Å².